The Balaban J connectivity index is 2.43. The van der Waals surface area contributed by atoms with Gasteiger partial charge in [0.25, 0.3) is 5.88 Å². The van der Waals surface area contributed by atoms with Crippen LogP contribution in [0.4, 0.5) is 0 Å². The van der Waals surface area contributed by atoms with Gasteiger partial charge in [-0.2, -0.15) is 10.4 Å². The first-order chi connectivity index (χ1) is 10.2. The molecule has 1 aromatic heterocycles. The highest BCUT2D eigenvalue weighted by molar-refractivity contribution is 5.56. The Morgan fingerprint density at radius 2 is 1.71 bits per heavy atom. The summed E-state index contributed by atoms with van der Waals surface area (Å²) in [4.78, 5) is 0. The second-order valence-electron chi connectivity index (χ2n) is 3.82. The predicted molar refractivity (Wildman–Crippen MR) is 72.9 cm³/mol. The molecule has 108 valence electrons. The molecule has 0 bridgehead atoms. The summed E-state index contributed by atoms with van der Waals surface area (Å²) in [5.74, 6) is 1.83. The zero-order valence-electron chi connectivity index (χ0n) is 11.8. The molecule has 0 saturated carbocycles. The molecule has 0 fully saturated rings. The lowest BCUT2D eigenvalue weighted by Crippen LogP contribution is -1.98. The van der Waals surface area contributed by atoms with Crippen LogP contribution in [0.15, 0.2) is 24.4 Å². The van der Waals surface area contributed by atoms with E-state index in [1.165, 1.54) is 33.6 Å². The van der Waals surface area contributed by atoms with E-state index in [2.05, 4.69) is 10.2 Å². The highest BCUT2D eigenvalue weighted by atomic mass is 16.5. The number of aromatic nitrogens is 2. The molecule has 0 atom stereocenters. The molecule has 1 aromatic carbocycles. The number of hydrogen-bond acceptors (Lipinski definition) is 7. The van der Waals surface area contributed by atoms with Gasteiger partial charge in [-0.15, -0.1) is 5.10 Å². The lowest BCUT2D eigenvalue weighted by Gasteiger charge is -2.14. The molecular weight excluding hydrogens is 274 g/mol. The third-order valence-electron chi connectivity index (χ3n) is 2.66. The van der Waals surface area contributed by atoms with Crippen molar-refractivity contribution in [1.82, 2.24) is 10.2 Å². The van der Waals surface area contributed by atoms with Gasteiger partial charge in [0.1, 0.15) is 17.4 Å². The van der Waals surface area contributed by atoms with Crippen LogP contribution in [-0.2, 0) is 0 Å². The molecule has 0 amide bonds. The molecule has 0 aliphatic rings. The smallest absolute Gasteiger partial charge is 0.256 e. The maximum absolute atomic E-state index is 9.01. The van der Waals surface area contributed by atoms with Crippen molar-refractivity contribution >= 4 is 0 Å². The summed E-state index contributed by atoms with van der Waals surface area (Å²) >= 11 is 0. The van der Waals surface area contributed by atoms with E-state index in [4.69, 9.17) is 24.2 Å². The molecule has 0 N–H and O–H groups in total. The van der Waals surface area contributed by atoms with E-state index in [1.54, 1.807) is 12.1 Å². The number of ether oxygens (including phenoxy) is 4. The van der Waals surface area contributed by atoms with Crippen LogP contribution in [-0.4, -0.2) is 31.5 Å². The predicted octanol–water partition coefficient (Wildman–Crippen LogP) is 2.17. The van der Waals surface area contributed by atoms with Gasteiger partial charge < -0.3 is 18.9 Å². The van der Waals surface area contributed by atoms with Gasteiger partial charge in [0.05, 0.1) is 27.5 Å². The monoisotopic (exact) mass is 287 g/mol. The van der Waals surface area contributed by atoms with Crippen molar-refractivity contribution in [3.63, 3.8) is 0 Å². The van der Waals surface area contributed by atoms with Crippen LogP contribution in [0.2, 0.25) is 0 Å². The zero-order chi connectivity index (χ0) is 15.2. The van der Waals surface area contributed by atoms with Gasteiger partial charge in [-0.3, -0.25) is 0 Å². The van der Waals surface area contributed by atoms with Crippen LogP contribution in [0.3, 0.4) is 0 Å². The summed E-state index contributed by atoms with van der Waals surface area (Å²) in [7, 11) is 4.52. The topological polar surface area (TPSA) is 86.5 Å². The molecule has 2 aromatic rings. The third-order valence-corrected chi connectivity index (χ3v) is 2.66. The van der Waals surface area contributed by atoms with E-state index in [9.17, 15) is 0 Å². The number of nitriles is 1. The Morgan fingerprint density at radius 3 is 2.24 bits per heavy atom. The highest BCUT2D eigenvalue weighted by Crippen LogP contribution is 2.41. The summed E-state index contributed by atoms with van der Waals surface area (Å²) in [6.07, 6.45) is 1.42. The largest absolute Gasteiger partial charge is 0.493 e. The van der Waals surface area contributed by atoms with Gasteiger partial charge in [-0.1, -0.05) is 0 Å². The standard InChI is InChI=1S/C14H13N3O4/c1-18-11-6-10(7-12(19-2)13(11)20-3)21-14-9(8-15)4-5-16-17-14/h4-7H,1-3H3. The summed E-state index contributed by atoms with van der Waals surface area (Å²) in [6, 6.07) is 6.71. The van der Waals surface area contributed by atoms with Crippen molar-refractivity contribution < 1.29 is 18.9 Å². The summed E-state index contributed by atoms with van der Waals surface area (Å²) < 4.78 is 21.3. The quantitative estimate of drug-likeness (QED) is 0.832. The Kier molecular flexibility index (Phi) is 4.41. The first-order valence-corrected chi connectivity index (χ1v) is 5.93. The van der Waals surface area contributed by atoms with E-state index in [1.807, 2.05) is 6.07 Å². The maximum atomic E-state index is 9.01. The molecule has 7 heteroatoms. The second-order valence-corrected chi connectivity index (χ2v) is 3.82. The van der Waals surface area contributed by atoms with Gasteiger partial charge >= 0.3 is 0 Å². The van der Waals surface area contributed by atoms with Crippen LogP contribution in [0.25, 0.3) is 0 Å². The number of benzene rings is 1. The normalized spacial score (nSPS) is 9.62. The molecule has 0 aliphatic heterocycles. The van der Waals surface area contributed by atoms with E-state index < -0.39 is 0 Å². The van der Waals surface area contributed by atoms with Crippen molar-refractivity contribution in [1.29, 1.82) is 5.26 Å². The van der Waals surface area contributed by atoms with Crippen molar-refractivity contribution in [2.75, 3.05) is 21.3 Å². The molecule has 0 aliphatic carbocycles. The first kappa shape index (κ1) is 14.4. The fourth-order valence-corrected chi connectivity index (χ4v) is 1.71. The number of rotatable bonds is 5. The number of hydrogen-bond donors (Lipinski definition) is 0. The van der Waals surface area contributed by atoms with Gasteiger partial charge in [0.2, 0.25) is 5.75 Å². The van der Waals surface area contributed by atoms with Gasteiger partial charge in [0.15, 0.2) is 11.5 Å². The Morgan fingerprint density at radius 1 is 1.05 bits per heavy atom. The third kappa shape index (κ3) is 2.95. The van der Waals surface area contributed by atoms with Crippen molar-refractivity contribution in [2.45, 2.75) is 0 Å². The molecule has 0 unspecified atom stereocenters. The van der Waals surface area contributed by atoms with Crippen LogP contribution >= 0.6 is 0 Å². The fraction of sp³-hybridized carbons (Fsp3) is 0.214. The minimum atomic E-state index is 0.106. The van der Waals surface area contributed by atoms with E-state index in [0.29, 0.717) is 23.0 Å². The first-order valence-electron chi connectivity index (χ1n) is 5.93. The van der Waals surface area contributed by atoms with Gasteiger partial charge in [-0.25, -0.2) is 0 Å². The average molecular weight is 287 g/mol. The molecule has 7 nitrogen and oxygen atoms in total. The minimum absolute atomic E-state index is 0.106. The molecule has 0 saturated heterocycles. The van der Waals surface area contributed by atoms with Crippen molar-refractivity contribution in [3.8, 4) is 34.9 Å². The zero-order valence-corrected chi connectivity index (χ0v) is 11.8. The second kappa shape index (κ2) is 6.43. The Hall–Kier alpha value is -3.01. The molecular formula is C14H13N3O4. The fourth-order valence-electron chi connectivity index (χ4n) is 1.71. The SMILES string of the molecule is COc1cc(Oc2nnccc2C#N)cc(OC)c1OC. The Bertz CT molecular complexity index is 657. The minimum Gasteiger partial charge on any atom is -0.493 e. The molecule has 0 spiro atoms. The number of methoxy groups -OCH3 is 3. The maximum Gasteiger partial charge on any atom is 0.256 e. The lowest BCUT2D eigenvalue weighted by molar-refractivity contribution is 0.320. The van der Waals surface area contributed by atoms with Gasteiger partial charge in [0, 0.05) is 12.1 Å². The van der Waals surface area contributed by atoms with Crippen LogP contribution in [0.1, 0.15) is 5.56 Å². The van der Waals surface area contributed by atoms with Gasteiger partial charge in [-0.05, 0) is 6.07 Å². The van der Waals surface area contributed by atoms with Crippen molar-refractivity contribution in [2.24, 2.45) is 0 Å². The van der Waals surface area contributed by atoms with Crippen LogP contribution in [0, 0.1) is 11.3 Å². The Labute approximate surface area is 121 Å². The summed E-state index contributed by atoms with van der Waals surface area (Å²) in [6.45, 7) is 0. The van der Waals surface area contributed by atoms with E-state index in [-0.39, 0.29) is 11.4 Å². The van der Waals surface area contributed by atoms with Crippen LogP contribution < -0.4 is 18.9 Å². The lowest BCUT2D eigenvalue weighted by atomic mass is 10.2. The molecule has 0 radical (unpaired) electrons. The van der Waals surface area contributed by atoms with E-state index >= 15 is 0 Å². The summed E-state index contributed by atoms with van der Waals surface area (Å²) in [5, 5.41) is 16.5. The molecule has 1 heterocycles. The number of nitrogens with zero attached hydrogens (tertiary/aromatic N) is 3. The molecule has 21 heavy (non-hydrogen) atoms. The highest BCUT2D eigenvalue weighted by Gasteiger charge is 2.15. The molecule has 2 rings (SSSR count). The van der Waals surface area contributed by atoms with E-state index in [0.717, 1.165) is 0 Å². The van der Waals surface area contributed by atoms with Crippen molar-refractivity contribution in [3.05, 3.63) is 30.0 Å². The average Bonchev–Trinajstić information content (AvgIpc) is 2.54. The van der Waals surface area contributed by atoms with Crippen LogP contribution in [0.5, 0.6) is 28.9 Å². The summed E-state index contributed by atoms with van der Waals surface area (Å²) in [5.41, 5.74) is 0.277.